The van der Waals surface area contributed by atoms with Crippen molar-refractivity contribution < 1.29 is 4.79 Å². The van der Waals surface area contributed by atoms with Crippen LogP contribution in [0.4, 0.5) is 11.5 Å². The second kappa shape index (κ2) is 11.2. The van der Waals surface area contributed by atoms with Gasteiger partial charge in [0.1, 0.15) is 5.82 Å². The van der Waals surface area contributed by atoms with E-state index in [1.807, 2.05) is 30.7 Å². The van der Waals surface area contributed by atoms with E-state index in [0.29, 0.717) is 31.1 Å². The van der Waals surface area contributed by atoms with E-state index in [4.69, 9.17) is 5.73 Å². The average Bonchev–Trinajstić information content (AvgIpc) is 3.27. The first-order valence-corrected chi connectivity index (χ1v) is 12.4. The van der Waals surface area contributed by atoms with Crippen molar-refractivity contribution in [2.75, 3.05) is 22.9 Å². The molecule has 1 aromatic carbocycles. The van der Waals surface area contributed by atoms with Gasteiger partial charge in [0.15, 0.2) is 10.8 Å². The number of carbonyl (C=O) groups is 1. The number of nitrogens with two attached hydrogens (primary N) is 1. The molecular weight excluding hydrogens is 452 g/mol. The topological polar surface area (TPSA) is 119 Å². The summed E-state index contributed by atoms with van der Waals surface area (Å²) in [5.74, 6) is -0.189. The number of nitrogens with zero attached hydrogens (tertiary/aromatic N) is 4. The van der Waals surface area contributed by atoms with Crippen LogP contribution in [0.15, 0.2) is 45.3 Å². The fourth-order valence-electron chi connectivity index (χ4n) is 3.63. The van der Waals surface area contributed by atoms with Gasteiger partial charge in [-0.15, -0.1) is 0 Å². The number of aromatic nitrogens is 4. The summed E-state index contributed by atoms with van der Waals surface area (Å²) in [6.45, 7) is 8.71. The lowest BCUT2D eigenvalue weighted by atomic mass is 10.1. The maximum atomic E-state index is 13.3. The highest BCUT2D eigenvalue weighted by Crippen LogP contribution is 2.24. The largest absolute Gasteiger partial charge is 0.383 e. The minimum Gasteiger partial charge on any atom is -0.383 e. The number of unbranched alkanes of at least 4 members (excludes halogenated alkanes) is 1. The first kappa shape index (κ1) is 25.4. The molecule has 34 heavy (non-hydrogen) atoms. The van der Waals surface area contributed by atoms with Gasteiger partial charge < -0.3 is 10.6 Å². The molecule has 0 unspecified atom stereocenters. The lowest BCUT2D eigenvalue weighted by molar-refractivity contribution is -0.116. The molecule has 3 aromatic rings. The Labute approximate surface area is 203 Å². The summed E-state index contributed by atoms with van der Waals surface area (Å²) in [5.41, 5.74) is 8.37. The van der Waals surface area contributed by atoms with E-state index >= 15 is 0 Å². The van der Waals surface area contributed by atoms with E-state index in [0.717, 1.165) is 12.1 Å². The molecule has 10 heteroatoms. The summed E-state index contributed by atoms with van der Waals surface area (Å²) < 4.78 is 3.24. The van der Waals surface area contributed by atoms with Crippen molar-refractivity contribution in [3.63, 3.8) is 0 Å². The molecule has 1 amide bonds. The maximum absolute atomic E-state index is 13.3. The normalized spacial score (nSPS) is 11.1. The number of H-pyrrole nitrogens is 1. The number of imidazole rings is 1. The lowest BCUT2D eigenvalue weighted by Gasteiger charge is -2.24. The van der Waals surface area contributed by atoms with E-state index in [2.05, 4.69) is 35.9 Å². The summed E-state index contributed by atoms with van der Waals surface area (Å²) in [6.07, 6.45) is 5.74. The van der Waals surface area contributed by atoms with E-state index in [-0.39, 0.29) is 23.2 Å². The third kappa shape index (κ3) is 5.44. The molecule has 0 atom stereocenters. The Balaban J connectivity index is 1.88. The monoisotopic (exact) mass is 484 g/mol. The number of nitrogens with one attached hydrogen (secondary N) is 1. The van der Waals surface area contributed by atoms with Gasteiger partial charge in [-0.3, -0.25) is 23.7 Å². The molecule has 0 radical (unpaired) electrons. The smallest absolute Gasteiger partial charge is 0.330 e. The van der Waals surface area contributed by atoms with Gasteiger partial charge in [0.05, 0.1) is 5.75 Å². The molecule has 0 fully saturated rings. The van der Waals surface area contributed by atoms with Crippen LogP contribution in [0.2, 0.25) is 0 Å². The van der Waals surface area contributed by atoms with Crippen molar-refractivity contribution in [1.82, 2.24) is 19.1 Å². The molecule has 2 aromatic heterocycles. The number of benzene rings is 1. The van der Waals surface area contributed by atoms with E-state index in [1.165, 1.54) is 32.4 Å². The first-order valence-electron chi connectivity index (χ1n) is 11.4. The van der Waals surface area contributed by atoms with E-state index < -0.39 is 11.2 Å². The highest BCUT2D eigenvalue weighted by molar-refractivity contribution is 7.99. The quantitative estimate of drug-likeness (QED) is 0.426. The summed E-state index contributed by atoms with van der Waals surface area (Å²) in [6, 6.07) is 6.14. The van der Waals surface area contributed by atoms with E-state index in [9.17, 15) is 14.4 Å². The molecule has 0 saturated heterocycles. The van der Waals surface area contributed by atoms with Gasteiger partial charge in [0, 0.05) is 31.2 Å². The van der Waals surface area contributed by atoms with Crippen LogP contribution in [-0.4, -0.2) is 37.3 Å². The zero-order valence-electron chi connectivity index (χ0n) is 20.1. The van der Waals surface area contributed by atoms with Gasteiger partial charge in [-0.2, -0.15) is 0 Å². The molecule has 9 nitrogen and oxygen atoms in total. The summed E-state index contributed by atoms with van der Waals surface area (Å²) in [4.78, 5) is 46.4. The molecule has 0 aliphatic rings. The Bertz CT molecular complexity index is 1280. The maximum Gasteiger partial charge on any atom is 0.330 e. The first-order chi connectivity index (χ1) is 16.3. The lowest BCUT2D eigenvalue weighted by Crippen LogP contribution is -2.42. The summed E-state index contributed by atoms with van der Waals surface area (Å²) in [7, 11) is 0. The number of nitrogen functional groups attached to an aromatic ring is 1. The third-order valence-electron chi connectivity index (χ3n) is 5.67. The van der Waals surface area contributed by atoms with Crippen LogP contribution in [0.5, 0.6) is 0 Å². The molecule has 3 rings (SSSR count). The number of amides is 1. The van der Waals surface area contributed by atoms with Crippen LogP contribution in [-0.2, 0) is 11.3 Å². The Hall–Kier alpha value is -3.27. The van der Waals surface area contributed by atoms with Crippen LogP contribution in [0.3, 0.4) is 0 Å². The van der Waals surface area contributed by atoms with Crippen LogP contribution < -0.4 is 21.9 Å². The molecule has 0 aliphatic carbocycles. The van der Waals surface area contributed by atoms with Crippen molar-refractivity contribution >= 4 is 29.2 Å². The average molecular weight is 485 g/mol. The number of aryl methyl sites for hydroxylation is 2. The highest BCUT2D eigenvalue weighted by Gasteiger charge is 2.24. The number of anilines is 2. The summed E-state index contributed by atoms with van der Waals surface area (Å²) in [5, 5.41) is 0.671. The summed E-state index contributed by atoms with van der Waals surface area (Å²) >= 11 is 1.29. The predicted molar refractivity (Wildman–Crippen MR) is 137 cm³/mol. The number of rotatable bonds is 10. The third-order valence-corrected chi connectivity index (χ3v) is 6.62. The van der Waals surface area contributed by atoms with Gasteiger partial charge in [-0.05, 0) is 49.9 Å². The number of carbonyl (C=O) groups excluding carboxylic acids is 1. The number of thioether (sulfide) groups is 1. The number of hydrogen-bond acceptors (Lipinski definition) is 6. The minimum absolute atomic E-state index is 0.0154. The standard InChI is InChI=1S/C24H32N6O3S/c1-5-7-12-29(20-21(25)30(11-6-2)23(33)27-22(20)32)19(31)15-34-24-26-10-13-28(24)18-9-8-16(3)17(4)14-18/h8-10,13-14H,5-7,11-12,15,25H2,1-4H3,(H,27,32,33). The van der Waals surface area contributed by atoms with Crippen LogP contribution >= 0.6 is 11.8 Å². The van der Waals surface area contributed by atoms with Crippen LogP contribution in [0, 0.1) is 13.8 Å². The SMILES string of the molecule is CCCCN(C(=O)CSc1nccn1-c1ccc(C)c(C)c1)c1c(N)n(CCC)c(=O)[nH]c1=O. The Kier molecular flexibility index (Phi) is 8.38. The second-order valence-electron chi connectivity index (χ2n) is 8.18. The van der Waals surface area contributed by atoms with E-state index in [1.54, 1.807) is 6.20 Å². The molecule has 2 heterocycles. The molecule has 182 valence electrons. The van der Waals surface area contributed by atoms with Gasteiger partial charge >= 0.3 is 5.69 Å². The molecule has 0 spiro atoms. The Morgan fingerprint density at radius 2 is 1.94 bits per heavy atom. The van der Waals surface area contributed by atoms with Crippen molar-refractivity contribution in [3.05, 3.63) is 62.6 Å². The highest BCUT2D eigenvalue weighted by atomic mass is 32.2. The number of hydrogen-bond donors (Lipinski definition) is 2. The van der Waals surface area contributed by atoms with Crippen molar-refractivity contribution in [1.29, 1.82) is 0 Å². The van der Waals surface area contributed by atoms with Gasteiger partial charge in [-0.25, -0.2) is 9.78 Å². The molecule has 0 bridgehead atoms. The van der Waals surface area contributed by atoms with Crippen LogP contribution in [0.1, 0.15) is 44.2 Å². The van der Waals surface area contributed by atoms with Crippen molar-refractivity contribution in [2.24, 2.45) is 0 Å². The Morgan fingerprint density at radius 3 is 2.62 bits per heavy atom. The molecular formula is C24H32N6O3S. The van der Waals surface area contributed by atoms with Gasteiger partial charge in [0.2, 0.25) is 5.91 Å². The minimum atomic E-state index is -0.652. The zero-order valence-corrected chi connectivity index (χ0v) is 20.9. The molecule has 0 saturated carbocycles. The van der Waals surface area contributed by atoms with Crippen molar-refractivity contribution in [3.8, 4) is 5.69 Å². The molecule has 3 N–H and O–H groups in total. The van der Waals surface area contributed by atoms with Gasteiger partial charge in [0.25, 0.3) is 5.56 Å². The van der Waals surface area contributed by atoms with Crippen LogP contribution in [0.25, 0.3) is 5.69 Å². The fraction of sp³-hybridized carbons (Fsp3) is 0.417. The second-order valence-corrected chi connectivity index (χ2v) is 9.12. The number of aromatic amines is 1. The molecule has 0 aliphatic heterocycles. The predicted octanol–water partition coefficient (Wildman–Crippen LogP) is 3.26. The van der Waals surface area contributed by atoms with Crippen molar-refractivity contribution in [2.45, 2.75) is 58.7 Å². The Morgan fingerprint density at radius 1 is 1.18 bits per heavy atom. The zero-order chi connectivity index (χ0) is 24.8. The fourth-order valence-corrected chi connectivity index (χ4v) is 4.48. The van der Waals surface area contributed by atoms with Gasteiger partial charge in [-0.1, -0.05) is 38.1 Å².